The van der Waals surface area contributed by atoms with E-state index in [0.29, 0.717) is 29.3 Å². The fourth-order valence-electron chi connectivity index (χ4n) is 3.16. The molecule has 1 aliphatic heterocycles. The Morgan fingerprint density at radius 3 is 2.43 bits per heavy atom. The van der Waals surface area contributed by atoms with Gasteiger partial charge in [-0.15, -0.1) is 0 Å². The summed E-state index contributed by atoms with van der Waals surface area (Å²) in [5.41, 5.74) is 3.22. The molecule has 2 aromatic rings. The lowest BCUT2D eigenvalue weighted by atomic mass is 10.1. The van der Waals surface area contributed by atoms with Gasteiger partial charge in [-0.1, -0.05) is 6.07 Å². The van der Waals surface area contributed by atoms with E-state index in [1.165, 1.54) is 10.6 Å². The molecule has 7 nitrogen and oxygen atoms in total. The van der Waals surface area contributed by atoms with Gasteiger partial charge in [-0.3, -0.25) is 9.10 Å². The van der Waals surface area contributed by atoms with Gasteiger partial charge in [0.05, 0.1) is 11.9 Å². The number of carbonyl (C=O) groups excluding carboxylic acids is 1. The minimum absolute atomic E-state index is 0.173. The van der Waals surface area contributed by atoms with E-state index >= 15 is 0 Å². The summed E-state index contributed by atoms with van der Waals surface area (Å²) in [7, 11) is -3.44. The monoisotopic (exact) mass is 404 g/mol. The maximum Gasteiger partial charge on any atom is 0.232 e. The van der Waals surface area contributed by atoms with Crippen molar-refractivity contribution in [3.05, 3.63) is 47.5 Å². The quantitative estimate of drug-likeness (QED) is 0.766. The lowest BCUT2D eigenvalue weighted by Crippen LogP contribution is -2.31. The molecule has 1 heterocycles. The van der Waals surface area contributed by atoms with Gasteiger partial charge in [0.25, 0.3) is 0 Å². The SMILES string of the molecule is Cc1cc(C)cc(N(CCCC(=O)Nc2ccc3c(c2)OCO3)S(C)(=O)=O)c1. The van der Waals surface area contributed by atoms with Crippen molar-refractivity contribution >= 4 is 27.3 Å². The number of hydrogen-bond acceptors (Lipinski definition) is 5. The summed E-state index contributed by atoms with van der Waals surface area (Å²) in [5.74, 6) is 1.05. The number of ether oxygens (including phenoxy) is 2. The van der Waals surface area contributed by atoms with Crippen molar-refractivity contribution in [2.45, 2.75) is 26.7 Å². The van der Waals surface area contributed by atoms with Crippen molar-refractivity contribution < 1.29 is 22.7 Å². The number of rotatable bonds is 7. The third kappa shape index (κ3) is 4.95. The van der Waals surface area contributed by atoms with Crippen LogP contribution >= 0.6 is 0 Å². The third-order valence-corrected chi connectivity index (χ3v) is 5.51. The Morgan fingerprint density at radius 1 is 1.07 bits per heavy atom. The second-order valence-corrected chi connectivity index (χ2v) is 8.81. The fraction of sp³-hybridized carbons (Fsp3) is 0.350. The Kier molecular flexibility index (Phi) is 5.79. The molecular weight excluding hydrogens is 380 g/mol. The van der Waals surface area contributed by atoms with E-state index in [4.69, 9.17) is 9.47 Å². The van der Waals surface area contributed by atoms with Crippen LogP contribution in [0.25, 0.3) is 0 Å². The zero-order valence-electron chi connectivity index (χ0n) is 16.2. The van der Waals surface area contributed by atoms with Crippen LogP contribution in [0.5, 0.6) is 11.5 Å². The predicted molar refractivity (Wildman–Crippen MR) is 109 cm³/mol. The molecule has 0 unspecified atom stereocenters. The number of hydrogen-bond donors (Lipinski definition) is 1. The molecule has 0 bridgehead atoms. The summed E-state index contributed by atoms with van der Waals surface area (Å²) in [6.07, 6.45) is 1.78. The van der Waals surface area contributed by atoms with E-state index in [-0.39, 0.29) is 25.7 Å². The number of carbonyl (C=O) groups is 1. The molecule has 150 valence electrons. The van der Waals surface area contributed by atoms with Crippen LogP contribution in [-0.4, -0.2) is 33.9 Å². The Hall–Kier alpha value is -2.74. The molecule has 8 heteroatoms. The smallest absolute Gasteiger partial charge is 0.232 e. The highest BCUT2D eigenvalue weighted by atomic mass is 32.2. The maximum absolute atomic E-state index is 12.2. The van der Waals surface area contributed by atoms with Crippen molar-refractivity contribution in [1.82, 2.24) is 0 Å². The number of fused-ring (bicyclic) bond motifs is 1. The van der Waals surface area contributed by atoms with Gasteiger partial charge in [0.15, 0.2) is 11.5 Å². The zero-order valence-corrected chi connectivity index (χ0v) is 17.0. The van der Waals surface area contributed by atoms with Crippen molar-refractivity contribution in [2.75, 3.05) is 29.2 Å². The number of nitrogens with zero attached hydrogens (tertiary/aromatic N) is 1. The molecule has 0 atom stereocenters. The number of benzene rings is 2. The van der Waals surface area contributed by atoms with Crippen LogP contribution in [0.3, 0.4) is 0 Å². The van der Waals surface area contributed by atoms with Gasteiger partial charge < -0.3 is 14.8 Å². The number of anilines is 2. The lowest BCUT2D eigenvalue weighted by Gasteiger charge is -2.23. The average Bonchev–Trinajstić information content (AvgIpc) is 3.04. The lowest BCUT2D eigenvalue weighted by molar-refractivity contribution is -0.116. The van der Waals surface area contributed by atoms with E-state index in [0.717, 1.165) is 11.1 Å². The van der Waals surface area contributed by atoms with E-state index in [2.05, 4.69) is 5.32 Å². The van der Waals surface area contributed by atoms with Crippen LogP contribution < -0.4 is 19.1 Å². The van der Waals surface area contributed by atoms with Gasteiger partial charge in [0.1, 0.15) is 0 Å². The second-order valence-electron chi connectivity index (χ2n) is 6.90. The Labute approximate surface area is 165 Å². The first-order chi connectivity index (χ1) is 13.2. The molecule has 0 saturated heterocycles. The van der Waals surface area contributed by atoms with Gasteiger partial charge in [-0.2, -0.15) is 0 Å². The van der Waals surface area contributed by atoms with E-state index in [9.17, 15) is 13.2 Å². The first kappa shape index (κ1) is 20.0. The Morgan fingerprint density at radius 2 is 1.75 bits per heavy atom. The van der Waals surface area contributed by atoms with Gasteiger partial charge in [-0.25, -0.2) is 8.42 Å². The molecule has 0 saturated carbocycles. The molecule has 0 spiro atoms. The van der Waals surface area contributed by atoms with Gasteiger partial charge in [0.2, 0.25) is 22.7 Å². The average molecular weight is 404 g/mol. The highest BCUT2D eigenvalue weighted by molar-refractivity contribution is 7.92. The van der Waals surface area contributed by atoms with Crippen molar-refractivity contribution in [2.24, 2.45) is 0 Å². The van der Waals surface area contributed by atoms with Crippen LogP contribution in [0, 0.1) is 13.8 Å². The largest absolute Gasteiger partial charge is 0.454 e. The van der Waals surface area contributed by atoms with Gasteiger partial charge in [0, 0.05) is 24.7 Å². The molecule has 1 amide bonds. The first-order valence-electron chi connectivity index (χ1n) is 8.98. The van der Waals surface area contributed by atoms with Gasteiger partial charge in [-0.05, 0) is 55.7 Å². The Bertz CT molecular complexity index is 968. The summed E-state index contributed by atoms with van der Waals surface area (Å²) in [4.78, 5) is 12.2. The van der Waals surface area contributed by atoms with E-state index in [1.807, 2.05) is 32.0 Å². The molecule has 0 fully saturated rings. The van der Waals surface area contributed by atoms with Crippen molar-refractivity contribution in [3.8, 4) is 11.5 Å². The normalized spacial score (nSPS) is 12.7. The van der Waals surface area contributed by atoms with E-state index in [1.54, 1.807) is 18.2 Å². The number of amides is 1. The maximum atomic E-state index is 12.2. The Balaban J connectivity index is 1.60. The summed E-state index contributed by atoms with van der Waals surface area (Å²) in [6.45, 7) is 4.26. The predicted octanol–water partition coefficient (Wildman–Crippen LogP) is 3.22. The molecule has 0 radical (unpaired) electrons. The van der Waals surface area contributed by atoms with Crippen LogP contribution in [0.2, 0.25) is 0 Å². The molecule has 2 aromatic carbocycles. The highest BCUT2D eigenvalue weighted by Crippen LogP contribution is 2.34. The summed E-state index contributed by atoms with van der Waals surface area (Å²) in [5, 5.41) is 2.80. The molecule has 28 heavy (non-hydrogen) atoms. The van der Waals surface area contributed by atoms with Crippen LogP contribution in [0.4, 0.5) is 11.4 Å². The standard InChI is InChI=1S/C20H24N2O5S/c1-14-9-15(2)11-17(10-14)22(28(3,24)25)8-4-5-20(23)21-16-6-7-18-19(12-16)27-13-26-18/h6-7,9-12H,4-5,8,13H2,1-3H3,(H,21,23). The number of sulfonamides is 1. The fourth-order valence-corrected chi connectivity index (χ4v) is 4.11. The summed E-state index contributed by atoms with van der Waals surface area (Å²) >= 11 is 0. The molecule has 0 aliphatic carbocycles. The molecule has 1 aliphatic rings. The van der Waals surface area contributed by atoms with Crippen molar-refractivity contribution in [1.29, 1.82) is 0 Å². The van der Waals surface area contributed by atoms with Crippen LogP contribution in [0.1, 0.15) is 24.0 Å². The second kappa shape index (κ2) is 8.10. The molecule has 1 N–H and O–H groups in total. The highest BCUT2D eigenvalue weighted by Gasteiger charge is 2.19. The molecule has 0 aromatic heterocycles. The summed E-state index contributed by atoms with van der Waals surface area (Å²) < 4.78 is 36.3. The van der Waals surface area contributed by atoms with Crippen LogP contribution in [0.15, 0.2) is 36.4 Å². The minimum Gasteiger partial charge on any atom is -0.454 e. The third-order valence-electron chi connectivity index (χ3n) is 4.32. The van der Waals surface area contributed by atoms with Gasteiger partial charge >= 0.3 is 0 Å². The van der Waals surface area contributed by atoms with Crippen LogP contribution in [-0.2, 0) is 14.8 Å². The zero-order chi connectivity index (χ0) is 20.3. The molecule has 3 rings (SSSR count). The topological polar surface area (TPSA) is 84.9 Å². The molecular formula is C20H24N2O5S. The first-order valence-corrected chi connectivity index (χ1v) is 10.8. The minimum atomic E-state index is -3.44. The van der Waals surface area contributed by atoms with Crippen molar-refractivity contribution in [3.63, 3.8) is 0 Å². The van der Waals surface area contributed by atoms with E-state index < -0.39 is 10.0 Å². The number of nitrogens with one attached hydrogen (secondary N) is 1. The summed E-state index contributed by atoms with van der Waals surface area (Å²) in [6, 6.07) is 10.8. The number of aryl methyl sites for hydroxylation is 2.